The molecule has 3 heterocycles. The molecule has 1 aromatic carbocycles. The van der Waals surface area contributed by atoms with Crippen molar-refractivity contribution in [3.63, 3.8) is 0 Å². The number of hydrogen-bond acceptors (Lipinski definition) is 8. The smallest absolute Gasteiger partial charge is 0.292 e. The van der Waals surface area contributed by atoms with E-state index in [0.29, 0.717) is 53.3 Å². The largest absolute Gasteiger partial charge is 0.378 e. The molecule has 1 saturated heterocycles. The molecule has 0 amide bonds. The second kappa shape index (κ2) is 8.26. The van der Waals surface area contributed by atoms with E-state index >= 15 is 0 Å². The average Bonchev–Trinajstić information content (AvgIpc) is 3.14. The quantitative estimate of drug-likeness (QED) is 0.566. The topological polar surface area (TPSA) is 94.4 Å². The molecule has 160 valence electrons. The molecular formula is C19H21ClN4O4S2. The van der Waals surface area contributed by atoms with E-state index in [0.717, 1.165) is 17.4 Å². The van der Waals surface area contributed by atoms with E-state index in [1.165, 1.54) is 11.3 Å². The van der Waals surface area contributed by atoms with Crippen molar-refractivity contribution in [3.05, 3.63) is 50.5 Å². The van der Waals surface area contributed by atoms with E-state index in [9.17, 15) is 13.2 Å². The average molecular weight is 469 g/mol. The van der Waals surface area contributed by atoms with Crippen LogP contribution in [0, 0.1) is 6.92 Å². The normalized spacial score (nSPS) is 15.1. The first-order chi connectivity index (χ1) is 14.2. The van der Waals surface area contributed by atoms with Gasteiger partial charge in [-0.15, -0.1) is 0 Å². The minimum atomic E-state index is -3.41. The lowest BCUT2D eigenvalue weighted by molar-refractivity contribution is 0.122. The number of hydrogen-bond donors (Lipinski definition) is 0. The van der Waals surface area contributed by atoms with Gasteiger partial charge in [-0.1, -0.05) is 35.1 Å². The molecule has 30 heavy (non-hydrogen) atoms. The number of fused-ring (bicyclic) bond motifs is 1. The molecule has 0 N–H and O–H groups in total. The summed E-state index contributed by atoms with van der Waals surface area (Å²) in [7, 11) is -3.41. The number of rotatable bonds is 5. The molecule has 1 fully saturated rings. The first kappa shape index (κ1) is 21.2. The number of anilines is 1. The number of aromatic nitrogens is 3. The number of nitrogens with zero attached hydrogens (tertiary/aromatic N) is 4. The Morgan fingerprint density at radius 1 is 1.23 bits per heavy atom. The van der Waals surface area contributed by atoms with Crippen molar-refractivity contribution in [2.45, 2.75) is 19.2 Å². The summed E-state index contributed by atoms with van der Waals surface area (Å²) in [5.74, 6) is -0.171. The summed E-state index contributed by atoms with van der Waals surface area (Å²) in [6, 6.07) is 5.56. The minimum absolute atomic E-state index is 0.174. The Hall–Kier alpha value is -2.01. The zero-order chi connectivity index (χ0) is 21.5. The zero-order valence-corrected chi connectivity index (χ0v) is 19.0. The van der Waals surface area contributed by atoms with Gasteiger partial charge in [0.05, 0.1) is 19.8 Å². The molecule has 4 rings (SSSR count). The monoisotopic (exact) mass is 468 g/mol. The molecule has 0 aliphatic carbocycles. The Morgan fingerprint density at radius 3 is 2.67 bits per heavy atom. The number of benzene rings is 1. The van der Waals surface area contributed by atoms with Gasteiger partial charge >= 0.3 is 0 Å². The van der Waals surface area contributed by atoms with Crippen LogP contribution in [0.2, 0.25) is 5.02 Å². The maximum absolute atomic E-state index is 12.7. The van der Waals surface area contributed by atoms with E-state index in [1.807, 2.05) is 19.1 Å². The van der Waals surface area contributed by atoms with Crippen LogP contribution in [0.3, 0.4) is 0 Å². The summed E-state index contributed by atoms with van der Waals surface area (Å²) in [5, 5.41) is 1.33. The van der Waals surface area contributed by atoms with Crippen LogP contribution in [-0.4, -0.2) is 55.5 Å². The maximum Gasteiger partial charge on any atom is 0.292 e. The van der Waals surface area contributed by atoms with Crippen LogP contribution >= 0.6 is 22.9 Å². The first-order valence-electron chi connectivity index (χ1n) is 9.37. The number of morpholine rings is 1. The highest BCUT2D eigenvalue weighted by Gasteiger charge is 2.22. The standard InChI is InChI=1S/C19H21ClN4O4S2/c1-12-13(4-3-5-14(12)20)10-24-15(11-30(2,26)27)21-18(25)16-17(24)22-19(29-16)23-6-8-28-9-7-23/h3-5H,6-11H2,1-2H3. The van der Waals surface area contributed by atoms with Crippen LogP contribution in [0.25, 0.3) is 10.3 Å². The minimum Gasteiger partial charge on any atom is -0.378 e. The van der Waals surface area contributed by atoms with E-state index in [4.69, 9.17) is 21.3 Å². The highest BCUT2D eigenvalue weighted by atomic mass is 35.5. The SMILES string of the molecule is Cc1c(Cl)cccc1Cn1c(CS(C)(=O)=O)nc(=O)c2sc(N3CCOCC3)nc21. The number of thiazole rings is 1. The van der Waals surface area contributed by atoms with Gasteiger partial charge in [0.25, 0.3) is 5.56 Å². The Balaban J connectivity index is 1.89. The fourth-order valence-corrected chi connectivity index (χ4v) is 5.26. The Kier molecular flexibility index (Phi) is 5.84. The Labute approximate surface area is 183 Å². The molecule has 2 aromatic heterocycles. The van der Waals surface area contributed by atoms with Crippen molar-refractivity contribution in [1.29, 1.82) is 0 Å². The van der Waals surface area contributed by atoms with Gasteiger partial charge < -0.3 is 14.2 Å². The van der Waals surface area contributed by atoms with Crippen LogP contribution < -0.4 is 10.5 Å². The van der Waals surface area contributed by atoms with Crippen molar-refractivity contribution >= 4 is 48.3 Å². The van der Waals surface area contributed by atoms with Crippen molar-refractivity contribution in [2.24, 2.45) is 0 Å². The number of sulfone groups is 1. The van der Waals surface area contributed by atoms with E-state index in [2.05, 4.69) is 9.88 Å². The van der Waals surface area contributed by atoms with Gasteiger partial charge in [-0.05, 0) is 24.1 Å². The second-order valence-corrected chi connectivity index (χ2v) is 10.8. The molecular weight excluding hydrogens is 448 g/mol. The molecule has 0 bridgehead atoms. The predicted molar refractivity (Wildman–Crippen MR) is 119 cm³/mol. The highest BCUT2D eigenvalue weighted by molar-refractivity contribution is 7.89. The maximum atomic E-state index is 12.7. The summed E-state index contributed by atoms with van der Waals surface area (Å²) in [4.78, 5) is 23.6. The molecule has 1 aliphatic rings. The van der Waals surface area contributed by atoms with Crippen LogP contribution in [0.15, 0.2) is 23.0 Å². The van der Waals surface area contributed by atoms with Crippen molar-refractivity contribution in [1.82, 2.24) is 14.5 Å². The van der Waals surface area contributed by atoms with Crippen LogP contribution in [0.4, 0.5) is 5.13 Å². The van der Waals surface area contributed by atoms with E-state index in [1.54, 1.807) is 10.6 Å². The summed E-state index contributed by atoms with van der Waals surface area (Å²) in [6.45, 7) is 4.78. The summed E-state index contributed by atoms with van der Waals surface area (Å²) in [5.41, 5.74) is 1.78. The third kappa shape index (κ3) is 4.36. The van der Waals surface area contributed by atoms with Crippen LogP contribution in [-0.2, 0) is 26.9 Å². The first-order valence-corrected chi connectivity index (χ1v) is 12.6. The molecule has 1 aliphatic heterocycles. The van der Waals surface area contributed by atoms with Crippen molar-refractivity contribution in [2.75, 3.05) is 37.5 Å². The van der Waals surface area contributed by atoms with Gasteiger partial charge in [0, 0.05) is 24.4 Å². The molecule has 11 heteroatoms. The van der Waals surface area contributed by atoms with Crippen LogP contribution in [0.1, 0.15) is 17.0 Å². The third-order valence-electron chi connectivity index (χ3n) is 4.97. The molecule has 3 aromatic rings. The fraction of sp³-hybridized carbons (Fsp3) is 0.421. The third-order valence-corrected chi connectivity index (χ3v) is 7.26. The lowest BCUT2D eigenvalue weighted by Crippen LogP contribution is -2.36. The molecule has 8 nitrogen and oxygen atoms in total. The van der Waals surface area contributed by atoms with Gasteiger partial charge in [-0.2, -0.15) is 4.98 Å². The van der Waals surface area contributed by atoms with Gasteiger partial charge in [0.2, 0.25) is 0 Å². The summed E-state index contributed by atoms with van der Waals surface area (Å²) >= 11 is 7.55. The predicted octanol–water partition coefficient (Wildman–Crippen LogP) is 2.24. The van der Waals surface area contributed by atoms with Gasteiger partial charge in [-0.25, -0.2) is 13.4 Å². The van der Waals surface area contributed by atoms with Gasteiger partial charge in [0.1, 0.15) is 16.3 Å². The van der Waals surface area contributed by atoms with E-state index < -0.39 is 15.4 Å². The van der Waals surface area contributed by atoms with Gasteiger partial charge in [0.15, 0.2) is 20.6 Å². The molecule has 0 radical (unpaired) electrons. The Morgan fingerprint density at radius 2 is 1.97 bits per heavy atom. The zero-order valence-electron chi connectivity index (χ0n) is 16.6. The fourth-order valence-electron chi connectivity index (χ4n) is 3.37. The number of halogens is 1. The summed E-state index contributed by atoms with van der Waals surface area (Å²) < 4.78 is 31.5. The lowest BCUT2D eigenvalue weighted by atomic mass is 10.1. The van der Waals surface area contributed by atoms with Crippen molar-refractivity contribution in [3.8, 4) is 0 Å². The van der Waals surface area contributed by atoms with Crippen molar-refractivity contribution < 1.29 is 13.2 Å². The molecule has 0 spiro atoms. The number of ether oxygens (including phenoxy) is 1. The lowest BCUT2D eigenvalue weighted by Gasteiger charge is -2.25. The Bertz CT molecular complexity index is 1260. The summed E-state index contributed by atoms with van der Waals surface area (Å²) in [6.07, 6.45) is 1.12. The molecule has 0 saturated carbocycles. The van der Waals surface area contributed by atoms with E-state index in [-0.39, 0.29) is 11.6 Å². The molecule has 0 atom stereocenters. The molecule has 0 unspecified atom stereocenters. The van der Waals surface area contributed by atoms with Gasteiger partial charge in [-0.3, -0.25) is 4.79 Å². The second-order valence-electron chi connectivity index (χ2n) is 7.26. The van der Waals surface area contributed by atoms with Crippen LogP contribution in [0.5, 0.6) is 0 Å². The highest BCUT2D eigenvalue weighted by Crippen LogP contribution is 2.29.